The van der Waals surface area contributed by atoms with E-state index in [0.29, 0.717) is 34.0 Å². The first kappa shape index (κ1) is 23.1. The normalized spacial score (nSPS) is 11.2. The maximum atomic E-state index is 13.6. The minimum atomic E-state index is -0.512. The minimum absolute atomic E-state index is 0.133. The van der Waals surface area contributed by atoms with E-state index in [1.807, 2.05) is 42.6 Å². The summed E-state index contributed by atoms with van der Waals surface area (Å²) in [5.41, 5.74) is 11.6. The average molecular weight is 509 g/mol. The maximum Gasteiger partial charge on any atom is 0.255 e. The molecule has 4 N–H and O–H groups in total. The lowest BCUT2D eigenvalue weighted by Gasteiger charge is -2.11. The van der Waals surface area contributed by atoms with Gasteiger partial charge in [-0.2, -0.15) is 10.2 Å². The predicted molar refractivity (Wildman–Crippen MR) is 140 cm³/mol. The first-order valence-electron chi connectivity index (χ1n) is 11.7. The van der Waals surface area contributed by atoms with E-state index in [4.69, 9.17) is 15.5 Å². The number of nitrogens with zero attached hydrogens (tertiary/aromatic N) is 5. The smallest absolute Gasteiger partial charge is 0.255 e. The van der Waals surface area contributed by atoms with Crippen LogP contribution < -0.4 is 15.8 Å². The van der Waals surface area contributed by atoms with Crippen molar-refractivity contribution in [2.24, 2.45) is 0 Å². The molecule has 0 saturated heterocycles. The molecule has 2 aromatic carbocycles. The van der Waals surface area contributed by atoms with E-state index in [0.717, 1.165) is 28.3 Å². The van der Waals surface area contributed by atoms with Gasteiger partial charge >= 0.3 is 0 Å². The quantitative estimate of drug-likeness (QED) is 0.309. The molecule has 4 heterocycles. The highest BCUT2D eigenvalue weighted by molar-refractivity contribution is 6.05. The number of nitrogens with one attached hydrogen (secondary N) is 2. The number of aromatic amines is 1. The van der Waals surface area contributed by atoms with Gasteiger partial charge in [-0.1, -0.05) is 24.3 Å². The number of hydrogen-bond acceptors (Lipinski definition) is 7. The predicted octanol–water partition coefficient (Wildman–Crippen LogP) is 3.99. The van der Waals surface area contributed by atoms with E-state index < -0.39 is 11.7 Å². The van der Waals surface area contributed by atoms with Crippen molar-refractivity contribution in [2.75, 3.05) is 12.8 Å². The van der Waals surface area contributed by atoms with E-state index in [-0.39, 0.29) is 12.1 Å². The van der Waals surface area contributed by atoms with E-state index >= 15 is 0 Å². The summed E-state index contributed by atoms with van der Waals surface area (Å²) in [7, 11) is 1.43. The number of methoxy groups -OCH3 is 1. The second kappa shape index (κ2) is 9.28. The van der Waals surface area contributed by atoms with Crippen LogP contribution in [0.2, 0.25) is 0 Å². The number of ether oxygens (including phenoxy) is 1. The fourth-order valence-electron chi connectivity index (χ4n) is 4.34. The van der Waals surface area contributed by atoms with Crippen LogP contribution in [0.15, 0.2) is 73.2 Å². The number of H-pyrrole nitrogens is 1. The summed E-state index contributed by atoms with van der Waals surface area (Å²) in [6, 6.07) is 15.0. The van der Waals surface area contributed by atoms with Crippen LogP contribution in [0, 0.1) is 5.82 Å². The molecule has 0 fully saturated rings. The maximum absolute atomic E-state index is 13.6. The van der Waals surface area contributed by atoms with Gasteiger partial charge in [0.25, 0.3) is 5.91 Å². The molecule has 4 aromatic heterocycles. The first-order valence-corrected chi connectivity index (χ1v) is 11.7. The number of anilines is 1. The van der Waals surface area contributed by atoms with Gasteiger partial charge in [0, 0.05) is 36.1 Å². The van der Waals surface area contributed by atoms with Crippen LogP contribution in [-0.4, -0.2) is 42.8 Å². The first-order chi connectivity index (χ1) is 18.5. The summed E-state index contributed by atoms with van der Waals surface area (Å²) in [4.78, 5) is 22.0. The minimum Gasteiger partial charge on any atom is -0.496 e. The Kier molecular flexibility index (Phi) is 5.64. The molecule has 6 aromatic rings. The monoisotopic (exact) mass is 508 g/mol. The Bertz CT molecular complexity index is 1810. The number of hydrogen-bond donors (Lipinski definition) is 3. The van der Waals surface area contributed by atoms with Crippen molar-refractivity contribution in [3.05, 3.63) is 90.1 Å². The lowest BCUT2D eigenvalue weighted by molar-refractivity contribution is 0.0947. The molecule has 0 saturated carbocycles. The van der Waals surface area contributed by atoms with Crippen LogP contribution in [0.5, 0.6) is 5.75 Å². The van der Waals surface area contributed by atoms with Crippen molar-refractivity contribution in [3.8, 4) is 28.3 Å². The number of nitrogen functional groups attached to an aromatic ring is 1. The van der Waals surface area contributed by atoms with Crippen LogP contribution >= 0.6 is 0 Å². The second-order valence-corrected chi connectivity index (χ2v) is 8.55. The zero-order valence-corrected chi connectivity index (χ0v) is 20.1. The fraction of sp³-hybridized carbons (Fsp3) is 0.0741. The summed E-state index contributed by atoms with van der Waals surface area (Å²) in [6.07, 6.45) is 5.26. The van der Waals surface area contributed by atoms with Crippen LogP contribution in [0.4, 0.5) is 10.2 Å². The molecule has 1 amide bonds. The number of halogens is 1. The summed E-state index contributed by atoms with van der Waals surface area (Å²) in [6.45, 7) is 0.247. The molecule has 188 valence electrons. The van der Waals surface area contributed by atoms with Crippen LogP contribution in [0.3, 0.4) is 0 Å². The summed E-state index contributed by atoms with van der Waals surface area (Å²) in [5, 5.41) is 14.9. The Hall–Kier alpha value is -5.32. The third-order valence-corrected chi connectivity index (χ3v) is 6.24. The Morgan fingerprint density at radius 3 is 2.82 bits per heavy atom. The number of rotatable bonds is 6. The molecule has 0 radical (unpaired) electrons. The van der Waals surface area contributed by atoms with Gasteiger partial charge in [0.2, 0.25) is 0 Å². The molecule has 0 aliphatic heterocycles. The standard InChI is InChI=1S/C27H21FN8O2/c1-38-21-7-6-17(28)12-18(21)27(37)31-13-15-2-4-16(5-3-15)24-23-25(34-35-26(23)29)19(14-30-24)20-9-11-36-22(33-20)8-10-32-36/h2-12,14H,13H2,1H3,(H,31,37)(H3,29,34,35). The van der Waals surface area contributed by atoms with Gasteiger partial charge in [0.05, 0.1) is 41.2 Å². The molecule has 0 bridgehead atoms. The molecular weight excluding hydrogens is 487 g/mol. The average Bonchev–Trinajstić information content (AvgIpc) is 3.58. The molecule has 0 unspecified atom stereocenters. The number of aromatic nitrogens is 6. The van der Waals surface area contributed by atoms with Crippen molar-refractivity contribution in [3.63, 3.8) is 0 Å². The van der Waals surface area contributed by atoms with Crippen molar-refractivity contribution in [2.45, 2.75) is 6.54 Å². The summed E-state index contributed by atoms with van der Waals surface area (Å²) < 4.78 is 20.5. The van der Waals surface area contributed by atoms with E-state index in [2.05, 4.69) is 25.6 Å². The molecular formula is C27H21FN8O2. The van der Waals surface area contributed by atoms with Gasteiger partial charge in [-0.25, -0.2) is 13.9 Å². The fourth-order valence-corrected chi connectivity index (χ4v) is 4.34. The van der Waals surface area contributed by atoms with Crippen LogP contribution in [-0.2, 0) is 6.54 Å². The number of carbonyl (C=O) groups is 1. The Balaban J connectivity index is 1.26. The Morgan fingerprint density at radius 2 is 2.00 bits per heavy atom. The summed E-state index contributed by atoms with van der Waals surface area (Å²) in [5.74, 6) is -0.314. The molecule has 0 aliphatic rings. The highest BCUT2D eigenvalue weighted by Crippen LogP contribution is 2.35. The van der Waals surface area contributed by atoms with E-state index in [1.165, 1.54) is 19.2 Å². The zero-order chi connectivity index (χ0) is 26.2. The van der Waals surface area contributed by atoms with Crippen LogP contribution in [0.25, 0.3) is 39.1 Å². The highest BCUT2D eigenvalue weighted by atomic mass is 19.1. The Morgan fingerprint density at radius 1 is 1.16 bits per heavy atom. The lowest BCUT2D eigenvalue weighted by atomic mass is 10.0. The van der Waals surface area contributed by atoms with Gasteiger partial charge in [0.15, 0.2) is 11.5 Å². The van der Waals surface area contributed by atoms with Gasteiger partial charge in [0.1, 0.15) is 11.6 Å². The molecule has 0 aliphatic carbocycles. The number of carbonyl (C=O) groups excluding carboxylic acids is 1. The number of benzene rings is 2. The van der Waals surface area contributed by atoms with E-state index in [1.54, 1.807) is 16.9 Å². The molecule has 0 atom stereocenters. The molecule has 10 nitrogen and oxygen atoms in total. The van der Waals surface area contributed by atoms with Gasteiger partial charge in [-0.3, -0.25) is 14.9 Å². The second-order valence-electron chi connectivity index (χ2n) is 8.55. The third kappa shape index (κ3) is 4.05. The SMILES string of the molecule is COc1ccc(F)cc1C(=O)NCc1ccc(-c2ncc(-c3ccn4nccc4n3)c3[nH]nc(N)c23)cc1. The van der Waals surface area contributed by atoms with Crippen molar-refractivity contribution >= 4 is 28.3 Å². The van der Waals surface area contributed by atoms with Crippen molar-refractivity contribution < 1.29 is 13.9 Å². The molecule has 0 spiro atoms. The number of pyridine rings is 1. The van der Waals surface area contributed by atoms with Gasteiger partial charge in [-0.15, -0.1) is 0 Å². The number of amides is 1. The van der Waals surface area contributed by atoms with Gasteiger partial charge in [-0.05, 0) is 29.8 Å². The van der Waals surface area contributed by atoms with Crippen LogP contribution in [0.1, 0.15) is 15.9 Å². The third-order valence-electron chi connectivity index (χ3n) is 6.24. The molecule has 38 heavy (non-hydrogen) atoms. The topological polar surface area (TPSA) is 136 Å². The van der Waals surface area contributed by atoms with Crippen molar-refractivity contribution in [1.29, 1.82) is 0 Å². The largest absolute Gasteiger partial charge is 0.496 e. The molecule has 6 rings (SSSR count). The zero-order valence-electron chi connectivity index (χ0n) is 20.1. The summed E-state index contributed by atoms with van der Waals surface area (Å²) >= 11 is 0. The molecule has 11 heteroatoms. The Labute approximate surface area is 215 Å². The lowest BCUT2D eigenvalue weighted by Crippen LogP contribution is -2.23. The highest BCUT2D eigenvalue weighted by Gasteiger charge is 2.18. The van der Waals surface area contributed by atoms with E-state index in [9.17, 15) is 9.18 Å². The number of nitrogens with two attached hydrogens (primary N) is 1. The van der Waals surface area contributed by atoms with Crippen molar-refractivity contribution in [1.82, 2.24) is 35.1 Å². The number of fused-ring (bicyclic) bond motifs is 2. The van der Waals surface area contributed by atoms with Gasteiger partial charge < -0.3 is 15.8 Å².